The van der Waals surface area contributed by atoms with Crippen molar-refractivity contribution < 1.29 is 35.5 Å². The van der Waals surface area contributed by atoms with E-state index in [9.17, 15) is 4.79 Å². The second kappa shape index (κ2) is 2.52. The molecule has 1 fully saturated rings. The molecule has 1 saturated heterocycles. The van der Waals surface area contributed by atoms with E-state index in [-0.39, 0.29) is 25.3 Å². The van der Waals surface area contributed by atoms with Crippen molar-refractivity contribution in [2.24, 2.45) is 0 Å². The van der Waals surface area contributed by atoms with Crippen molar-refractivity contribution in [1.29, 1.82) is 0 Å². The predicted octanol–water partition coefficient (Wildman–Crippen LogP) is -2.80. The number of cyclic esters (lactones) is 2. The summed E-state index contributed by atoms with van der Waals surface area (Å²) in [6.45, 7) is 0.475. The van der Waals surface area contributed by atoms with Crippen LogP contribution in [0.1, 0.15) is 0 Å². The molecule has 4 heteroatoms. The van der Waals surface area contributed by atoms with Crippen LogP contribution in [-0.4, -0.2) is 21.8 Å². The number of halogens is 1. The van der Waals surface area contributed by atoms with Crippen LogP contribution in [0.2, 0.25) is 0 Å². The summed E-state index contributed by atoms with van der Waals surface area (Å²) in [6.07, 6.45) is -0.503. The first-order chi connectivity index (χ1) is 3.83. The Balaban J connectivity index is 2.32. The molecule has 48 valence electrons. The van der Waals surface area contributed by atoms with E-state index in [1.54, 1.807) is 0 Å². The Morgan fingerprint density at radius 3 is 2.88 bits per heavy atom. The molecule has 1 unspecified atom stereocenters. The third-order valence-corrected chi connectivity index (χ3v) is 2.80. The molecule has 1 heterocycles. The van der Waals surface area contributed by atoms with Crippen molar-refractivity contribution in [1.82, 2.24) is 0 Å². The Labute approximate surface area is 57.6 Å². The van der Waals surface area contributed by atoms with Crippen LogP contribution in [0, 0.1) is 0 Å². The van der Waals surface area contributed by atoms with Gasteiger partial charge in [-0.05, 0) is 0 Å². The standard InChI is InChI=1S/C4H6IO3/c1-5-3-2-7-4(6)8-3/h3H,2H2,1H3/q-1. The number of carbonyl (C=O) groups excluding carboxylic acids is 1. The summed E-state index contributed by atoms with van der Waals surface area (Å²) in [5.41, 5.74) is 0. The van der Waals surface area contributed by atoms with Crippen molar-refractivity contribution in [2.45, 2.75) is 4.11 Å². The molecule has 1 rings (SSSR count). The van der Waals surface area contributed by atoms with Crippen molar-refractivity contribution >= 4 is 6.16 Å². The molecule has 0 bridgehead atoms. The SMILES string of the molecule is C[I-]C1COC(=O)O1. The Kier molecular flexibility index (Phi) is 1.93. The molecule has 0 radical (unpaired) electrons. The minimum absolute atomic E-state index is 0.00865. The van der Waals surface area contributed by atoms with Gasteiger partial charge in [-0.25, -0.2) is 0 Å². The third kappa shape index (κ3) is 1.24. The fraction of sp³-hybridized carbons (Fsp3) is 0.750. The van der Waals surface area contributed by atoms with Gasteiger partial charge in [0, 0.05) is 0 Å². The van der Waals surface area contributed by atoms with Crippen LogP contribution in [0.15, 0.2) is 0 Å². The van der Waals surface area contributed by atoms with Crippen LogP contribution in [0.4, 0.5) is 4.79 Å². The molecular formula is C4H6IO3-. The number of rotatable bonds is 1. The minimum atomic E-state index is -0.503. The van der Waals surface area contributed by atoms with Gasteiger partial charge in [-0.15, -0.1) is 0 Å². The topological polar surface area (TPSA) is 35.5 Å². The van der Waals surface area contributed by atoms with Gasteiger partial charge in [0.2, 0.25) is 0 Å². The number of alkyl halides is 2. The summed E-state index contributed by atoms with van der Waals surface area (Å²) in [5.74, 6) is 0. The zero-order chi connectivity index (χ0) is 5.98. The molecule has 0 spiro atoms. The molecule has 0 aromatic heterocycles. The third-order valence-electron chi connectivity index (χ3n) is 0.800. The van der Waals surface area contributed by atoms with Crippen LogP contribution in [0.5, 0.6) is 0 Å². The Hall–Kier alpha value is 0. The summed E-state index contributed by atoms with van der Waals surface area (Å²) >= 11 is 0.00865. The summed E-state index contributed by atoms with van der Waals surface area (Å²) < 4.78 is 9.33. The van der Waals surface area contributed by atoms with Gasteiger partial charge in [0.1, 0.15) is 0 Å². The van der Waals surface area contributed by atoms with Crippen molar-refractivity contribution in [3.63, 3.8) is 0 Å². The fourth-order valence-electron chi connectivity index (χ4n) is 0.414. The van der Waals surface area contributed by atoms with E-state index in [0.717, 1.165) is 0 Å². The number of hydrogen-bond donors (Lipinski definition) is 0. The quantitative estimate of drug-likeness (QED) is 0.277. The molecular weight excluding hydrogens is 223 g/mol. The molecule has 0 aliphatic carbocycles. The van der Waals surface area contributed by atoms with Crippen LogP contribution >= 0.6 is 0 Å². The molecule has 0 aromatic rings. The zero-order valence-electron chi connectivity index (χ0n) is 4.39. The van der Waals surface area contributed by atoms with E-state index in [1.165, 1.54) is 0 Å². The summed E-state index contributed by atoms with van der Waals surface area (Å²) in [7, 11) is 0. The first-order valence-corrected chi connectivity index (χ1v) is 5.54. The van der Waals surface area contributed by atoms with E-state index in [1.807, 2.05) is 0 Å². The van der Waals surface area contributed by atoms with Gasteiger partial charge in [-0.1, -0.05) is 0 Å². The van der Waals surface area contributed by atoms with Crippen LogP contribution in [0.3, 0.4) is 0 Å². The maximum absolute atomic E-state index is 10.2. The second-order valence-corrected chi connectivity index (χ2v) is 3.94. The van der Waals surface area contributed by atoms with Crippen molar-refractivity contribution in [3.05, 3.63) is 0 Å². The van der Waals surface area contributed by atoms with Crippen LogP contribution in [-0.2, 0) is 9.47 Å². The van der Waals surface area contributed by atoms with E-state index in [0.29, 0.717) is 6.61 Å². The molecule has 0 N–H and O–H groups in total. The van der Waals surface area contributed by atoms with E-state index in [4.69, 9.17) is 4.74 Å². The first kappa shape index (κ1) is 6.12. The van der Waals surface area contributed by atoms with Gasteiger partial charge in [0.25, 0.3) is 0 Å². The molecule has 1 aliphatic rings. The predicted molar refractivity (Wildman–Crippen MR) is 22.1 cm³/mol. The molecule has 8 heavy (non-hydrogen) atoms. The second-order valence-electron chi connectivity index (χ2n) is 1.31. The average molecular weight is 229 g/mol. The fourth-order valence-corrected chi connectivity index (χ4v) is 1.41. The Morgan fingerprint density at radius 1 is 1.88 bits per heavy atom. The number of hydrogen-bond acceptors (Lipinski definition) is 3. The molecule has 1 atom stereocenters. The summed E-state index contributed by atoms with van der Waals surface area (Å²) in [4.78, 5) is 12.2. The molecule has 0 aromatic carbocycles. The first-order valence-electron chi connectivity index (χ1n) is 2.14. The van der Waals surface area contributed by atoms with Gasteiger partial charge in [0.15, 0.2) is 0 Å². The molecule has 0 amide bonds. The van der Waals surface area contributed by atoms with Crippen molar-refractivity contribution in [3.8, 4) is 0 Å². The number of carbonyl (C=O) groups is 1. The van der Waals surface area contributed by atoms with Gasteiger partial charge >= 0.3 is 57.3 Å². The maximum atomic E-state index is 10.2. The van der Waals surface area contributed by atoms with E-state index in [2.05, 4.69) is 9.67 Å². The summed E-state index contributed by atoms with van der Waals surface area (Å²) in [6, 6.07) is 0. The molecule has 0 saturated carbocycles. The Morgan fingerprint density at radius 2 is 2.62 bits per heavy atom. The molecule has 1 aliphatic heterocycles. The molecule has 3 nitrogen and oxygen atoms in total. The van der Waals surface area contributed by atoms with Gasteiger partial charge in [-0.2, -0.15) is 0 Å². The number of ether oxygens (including phenoxy) is 2. The Bertz CT molecular complexity index is 103. The van der Waals surface area contributed by atoms with E-state index < -0.39 is 6.16 Å². The van der Waals surface area contributed by atoms with Crippen LogP contribution < -0.4 is 21.2 Å². The van der Waals surface area contributed by atoms with Crippen molar-refractivity contribution in [2.75, 3.05) is 11.5 Å². The van der Waals surface area contributed by atoms with Gasteiger partial charge in [-0.3, -0.25) is 0 Å². The normalized spacial score (nSPS) is 27.6. The van der Waals surface area contributed by atoms with Gasteiger partial charge < -0.3 is 0 Å². The monoisotopic (exact) mass is 229 g/mol. The van der Waals surface area contributed by atoms with E-state index >= 15 is 0 Å². The summed E-state index contributed by atoms with van der Waals surface area (Å²) in [5, 5.41) is 0. The van der Waals surface area contributed by atoms with Crippen LogP contribution in [0.25, 0.3) is 0 Å². The average Bonchev–Trinajstić information content (AvgIpc) is 2.14. The van der Waals surface area contributed by atoms with Gasteiger partial charge in [0.05, 0.1) is 0 Å². The zero-order valence-corrected chi connectivity index (χ0v) is 6.54.